The van der Waals surface area contributed by atoms with Crippen LogP contribution in [0.1, 0.15) is 5.56 Å². The van der Waals surface area contributed by atoms with Crippen LogP contribution in [-0.4, -0.2) is 9.67 Å². The highest BCUT2D eigenvalue weighted by atomic mass is 16.5. The van der Waals surface area contributed by atoms with E-state index in [0.29, 0.717) is 6.61 Å². The molecule has 0 fully saturated rings. The smallest absolute Gasteiger partial charge is 0.139 e. The number of aromatic hydroxyl groups is 1. The lowest BCUT2D eigenvalue weighted by atomic mass is 10.2. The molecular weight excluding hydrogens is 298 g/mol. The first-order valence-corrected chi connectivity index (χ1v) is 7.88. The van der Waals surface area contributed by atoms with Crippen molar-refractivity contribution >= 4 is 10.9 Å². The van der Waals surface area contributed by atoms with Crippen LogP contribution in [0.15, 0.2) is 85.1 Å². The minimum Gasteiger partial charge on any atom is -0.506 e. The van der Waals surface area contributed by atoms with Gasteiger partial charge in [0.1, 0.15) is 18.1 Å². The predicted octanol–water partition coefficient (Wildman–Crippen LogP) is 4.92. The minimum absolute atomic E-state index is 0.255. The Hall–Kier alpha value is -3.20. The third-order valence-electron chi connectivity index (χ3n) is 4.07. The number of hydrogen-bond acceptors (Lipinski definition) is 2. The Kier molecular flexibility index (Phi) is 3.67. The van der Waals surface area contributed by atoms with Gasteiger partial charge < -0.3 is 14.4 Å². The summed E-state index contributed by atoms with van der Waals surface area (Å²) < 4.78 is 7.98. The topological polar surface area (TPSA) is 34.4 Å². The number of benzene rings is 3. The van der Waals surface area contributed by atoms with Crippen molar-refractivity contribution in [2.75, 3.05) is 0 Å². The second kappa shape index (κ2) is 6.13. The number of rotatable bonds is 4. The molecule has 0 amide bonds. The second-order valence-corrected chi connectivity index (χ2v) is 5.64. The molecule has 0 aliphatic carbocycles. The Bertz CT molecular complexity index is 973. The number of phenols is 1. The molecule has 0 saturated heterocycles. The summed E-state index contributed by atoms with van der Waals surface area (Å²) >= 11 is 0. The monoisotopic (exact) mass is 315 g/mol. The van der Waals surface area contributed by atoms with Gasteiger partial charge in [-0.3, -0.25) is 0 Å². The highest BCUT2D eigenvalue weighted by Gasteiger charge is 2.10. The lowest BCUT2D eigenvalue weighted by Crippen LogP contribution is -1.96. The lowest BCUT2D eigenvalue weighted by molar-refractivity contribution is 0.310. The molecule has 4 aromatic rings. The number of phenolic OH excluding ortho intramolecular Hbond substituents is 1. The van der Waals surface area contributed by atoms with Crippen LogP contribution in [0.2, 0.25) is 0 Å². The van der Waals surface area contributed by atoms with Crippen molar-refractivity contribution in [3.05, 3.63) is 90.6 Å². The summed E-state index contributed by atoms with van der Waals surface area (Å²) in [5.74, 6) is 1.09. The molecule has 24 heavy (non-hydrogen) atoms. The first-order chi connectivity index (χ1) is 11.8. The number of aromatic nitrogens is 1. The third-order valence-corrected chi connectivity index (χ3v) is 4.07. The maximum Gasteiger partial charge on any atom is 0.139 e. The average Bonchev–Trinajstić information content (AvgIpc) is 3.06. The van der Waals surface area contributed by atoms with Crippen LogP contribution in [0.25, 0.3) is 16.6 Å². The Labute approximate surface area is 140 Å². The standard InChI is InChI=1S/C21H17NO2/c23-20-11-5-4-9-19(20)22-14-13-17-18(22)10-6-12-21(17)24-15-16-7-2-1-3-8-16/h1-14,23H,15H2. The third kappa shape index (κ3) is 2.61. The highest BCUT2D eigenvalue weighted by molar-refractivity contribution is 5.88. The van der Waals surface area contributed by atoms with E-state index in [1.165, 1.54) is 0 Å². The molecule has 0 aliphatic rings. The summed E-state index contributed by atoms with van der Waals surface area (Å²) in [5, 5.41) is 11.1. The molecule has 1 heterocycles. The maximum absolute atomic E-state index is 10.1. The first-order valence-electron chi connectivity index (χ1n) is 7.88. The van der Waals surface area contributed by atoms with E-state index in [1.807, 2.05) is 83.6 Å². The summed E-state index contributed by atoms with van der Waals surface area (Å²) in [5.41, 5.74) is 2.89. The number of fused-ring (bicyclic) bond motifs is 1. The Morgan fingerprint density at radius 2 is 1.58 bits per heavy atom. The Balaban J connectivity index is 1.70. The van der Waals surface area contributed by atoms with Gasteiger partial charge >= 0.3 is 0 Å². The van der Waals surface area contributed by atoms with Gasteiger partial charge in [-0.15, -0.1) is 0 Å². The molecule has 1 aromatic heterocycles. The van der Waals surface area contributed by atoms with Crippen LogP contribution >= 0.6 is 0 Å². The van der Waals surface area contributed by atoms with Gasteiger partial charge in [-0.25, -0.2) is 0 Å². The van der Waals surface area contributed by atoms with E-state index in [2.05, 4.69) is 0 Å². The number of hydrogen-bond donors (Lipinski definition) is 1. The zero-order valence-corrected chi connectivity index (χ0v) is 13.1. The molecule has 118 valence electrons. The summed E-state index contributed by atoms with van der Waals surface area (Å²) in [6.07, 6.45) is 1.95. The summed E-state index contributed by atoms with van der Waals surface area (Å²) in [6.45, 7) is 0.529. The molecule has 3 nitrogen and oxygen atoms in total. The van der Waals surface area contributed by atoms with Crippen molar-refractivity contribution in [1.29, 1.82) is 0 Å². The van der Waals surface area contributed by atoms with Crippen molar-refractivity contribution in [2.45, 2.75) is 6.61 Å². The van der Waals surface area contributed by atoms with E-state index in [9.17, 15) is 5.11 Å². The van der Waals surface area contributed by atoms with Gasteiger partial charge in [-0.2, -0.15) is 0 Å². The van der Waals surface area contributed by atoms with Crippen LogP contribution in [0.3, 0.4) is 0 Å². The summed E-state index contributed by atoms with van der Waals surface area (Å²) in [6, 6.07) is 25.4. The van der Waals surface area contributed by atoms with Crippen molar-refractivity contribution in [2.24, 2.45) is 0 Å². The number of nitrogens with zero attached hydrogens (tertiary/aromatic N) is 1. The van der Waals surface area contributed by atoms with Crippen molar-refractivity contribution in [1.82, 2.24) is 4.57 Å². The van der Waals surface area contributed by atoms with Crippen LogP contribution in [0, 0.1) is 0 Å². The van der Waals surface area contributed by atoms with E-state index >= 15 is 0 Å². The van der Waals surface area contributed by atoms with Crippen LogP contribution < -0.4 is 4.74 Å². The molecule has 0 unspecified atom stereocenters. The zero-order chi connectivity index (χ0) is 16.4. The molecule has 0 radical (unpaired) electrons. The molecule has 0 saturated carbocycles. The van der Waals surface area contributed by atoms with Gasteiger partial charge in [0, 0.05) is 11.6 Å². The summed E-state index contributed by atoms with van der Waals surface area (Å²) in [4.78, 5) is 0. The van der Waals surface area contributed by atoms with Crippen molar-refractivity contribution in [3.8, 4) is 17.2 Å². The summed E-state index contributed by atoms with van der Waals surface area (Å²) in [7, 11) is 0. The highest BCUT2D eigenvalue weighted by Crippen LogP contribution is 2.31. The van der Waals surface area contributed by atoms with Gasteiger partial charge in [-0.1, -0.05) is 48.5 Å². The molecule has 1 N–H and O–H groups in total. The molecule has 3 heteroatoms. The average molecular weight is 315 g/mol. The largest absolute Gasteiger partial charge is 0.506 e. The van der Waals surface area contributed by atoms with Gasteiger partial charge in [0.15, 0.2) is 0 Å². The van der Waals surface area contributed by atoms with E-state index in [4.69, 9.17) is 4.74 Å². The molecule has 0 bridgehead atoms. The van der Waals surface area contributed by atoms with Crippen LogP contribution in [0.4, 0.5) is 0 Å². The molecule has 0 spiro atoms. The van der Waals surface area contributed by atoms with Gasteiger partial charge in [0.05, 0.1) is 11.2 Å². The predicted molar refractivity (Wildman–Crippen MR) is 95.7 cm³/mol. The maximum atomic E-state index is 10.1. The van der Waals surface area contributed by atoms with E-state index < -0.39 is 0 Å². The first kappa shape index (κ1) is 14.4. The SMILES string of the molecule is Oc1ccccc1-n1ccc2c(OCc3ccccc3)cccc21. The lowest BCUT2D eigenvalue weighted by Gasteiger charge is -2.10. The molecular formula is C21H17NO2. The fourth-order valence-electron chi connectivity index (χ4n) is 2.88. The number of ether oxygens (including phenoxy) is 1. The fourth-order valence-corrected chi connectivity index (χ4v) is 2.88. The molecule has 0 atom stereocenters. The van der Waals surface area contributed by atoms with E-state index in [-0.39, 0.29) is 5.75 Å². The zero-order valence-electron chi connectivity index (χ0n) is 13.1. The quantitative estimate of drug-likeness (QED) is 0.580. The van der Waals surface area contributed by atoms with Gasteiger partial charge in [-0.05, 0) is 35.9 Å². The van der Waals surface area contributed by atoms with Gasteiger partial charge in [0.25, 0.3) is 0 Å². The van der Waals surface area contributed by atoms with Crippen LogP contribution in [0.5, 0.6) is 11.5 Å². The van der Waals surface area contributed by atoms with E-state index in [1.54, 1.807) is 6.07 Å². The normalized spacial score (nSPS) is 10.8. The Morgan fingerprint density at radius 1 is 0.792 bits per heavy atom. The van der Waals surface area contributed by atoms with E-state index in [0.717, 1.165) is 27.9 Å². The Morgan fingerprint density at radius 3 is 2.42 bits per heavy atom. The minimum atomic E-state index is 0.255. The van der Waals surface area contributed by atoms with Gasteiger partial charge in [0.2, 0.25) is 0 Å². The number of para-hydroxylation sites is 2. The second-order valence-electron chi connectivity index (χ2n) is 5.64. The molecule has 4 rings (SSSR count). The van der Waals surface area contributed by atoms with Crippen molar-refractivity contribution < 1.29 is 9.84 Å². The molecule has 3 aromatic carbocycles. The van der Waals surface area contributed by atoms with Crippen LogP contribution in [-0.2, 0) is 6.61 Å². The van der Waals surface area contributed by atoms with Crippen molar-refractivity contribution in [3.63, 3.8) is 0 Å². The molecule has 0 aliphatic heterocycles. The fraction of sp³-hybridized carbons (Fsp3) is 0.0476.